The predicted molar refractivity (Wildman–Crippen MR) is 172 cm³/mol. The van der Waals surface area contributed by atoms with Gasteiger partial charge in [0.15, 0.2) is 17.7 Å². The maximum Gasteiger partial charge on any atom is 0.417 e. The number of aliphatic hydroxyl groups excluding tert-OH is 1. The highest BCUT2D eigenvalue weighted by atomic mass is 16.6. The minimum absolute atomic E-state index is 0.0257. The number of esters is 1. The van der Waals surface area contributed by atoms with Gasteiger partial charge in [-0.15, -0.1) is 0 Å². The molecule has 0 aliphatic carbocycles. The van der Waals surface area contributed by atoms with Gasteiger partial charge in [-0.3, -0.25) is 19.2 Å². The minimum Gasteiger partial charge on any atom is -0.453 e. The van der Waals surface area contributed by atoms with Gasteiger partial charge in [0.25, 0.3) is 0 Å². The fourth-order valence-corrected chi connectivity index (χ4v) is 5.97. The highest BCUT2D eigenvalue weighted by molar-refractivity contribution is 6.25. The molecule has 3 atom stereocenters. The maximum atomic E-state index is 14.4. The molecular formula is C36H45NO9. The highest BCUT2D eigenvalue weighted by Crippen LogP contribution is 2.36. The number of carbonyl (C=O) groups excluding carboxylic acids is 5. The monoisotopic (exact) mass is 635 g/mol. The van der Waals surface area contributed by atoms with Gasteiger partial charge in [-0.25, -0.2) is 9.69 Å². The molecule has 1 N–H and O–H groups in total. The van der Waals surface area contributed by atoms with Gasteiger partial charge in [-0.1, -0.05) is 74.0 Å². The smallest absolute Gasteiger partial charge is 0.417 e. The van der Waals surface area contributed by atoms with Gasteiger partial charge in [0.1, 0.15) is 5.60 Å². The first-order chi connectivity index (χ1) is 21.8. The van der Waals surface area contributed by atoms with E-state index in [1.807, 2.05) is 32.9 Å². The third-order valence-electron chi connectivity index (χ3n) is 7.81. The molecule has 248 valence electrons. The molecular weight excluding hydrogens is 590 g/mol. The van der Waals surface area contributed by atoms with Crippen LogP contribution in [0.4, 0.5) is 4.79 Å². The summed E-state index contributed by atoms with van der Waals surface area (Å²) in [6.07, 6.45) is -0.972. The number of ether oxygens (including phenoxy) is 3. The molecule has 10 heteroatoms. The molecule has 1 aliphatic heterocycles. The van der Waals surface area contributed by atoms with Crippen molar-refractivity contribution in [2.24, 2.45) is 11.8 Å². The number of aliphatic hydroxyl groups is 1. The quantitative estimate of drug-likeness (QED) is 0.156. The molecule has 2 amide bonds. The average molecular weight is 636 g/mol. The molecule has 0 bridgehead atoms. The number of benzene rings is 2. The van der Waals surface area contributed by atoms with Gasteiger partial charge in [0, 0.05) is 25.5 Å². The lowest BCUT2D eigenvalue weighted by molar-refractivity contribution is -0.159. The molecule has 1 saturated heterocycles. The van der Waals surface area contributed by atoms with E-state index >= 15 is 0 Å². The van der Waals surface area contributed by atoms with Crippen LogP contribution in [-0.2, 0) is 39.8 Å². The summed E-state index contributed by atoms with van der Waals surface area (Å²) in [6, 6.07) is 15.4. The molecule has 3 rings (SSSR count). The molecule has 1 heterocycles. The van der Waals surface area contributed by atoms with E-state index in [0.29, 0.717) is 17.5 Å². The molecule has 1 fully saturated rings. The Morgan fingerprint density at radius 2 is 1.74 bits per heavy atom. The van der Waals surface area contributed by atoms with Crippen LogP contribution in [-0.4, -0.2) is 77.1 Å². The van der Waals surface area contributed by atoms with Crippen molar-refractivity contribution >= 4 is 35.1 Å². The summed E-state index contributed by atoms with van der Waals surface area (Å²) < 4.78 is 16.5. The van der Waals surface area contributed by atoms with Gasteiger partial charge < -0.3 is 19.3 Å². The van der Waals surface area contributed by atoms with Crippen LogP contribution >= 0.6 is 0 Å². The molecule has 0 radical (unpaired) electrons. The summed E-state index contributed by atoms with van der Waals surface area (Å²) in [5.74, 6) is -4.11. The van der Waals surface area contributed by atoms with E-state index in [2.05, 4.69) is 0 Å². The van der Waals surface area contributed by atoms with E-state index in [4.69, 9.17) is 19.3 Å². The zero-order chi connectivity index (χ0) is 34.0. The van der Waals surface area contributed by atoms with Crippen LogP contribution in [0.3, 0.4) is 0 Å². The van der Waals surface area contributed by atoms with E-state index in [9.17, 15) is 24.0 Å². The van der Waals surface area contributed by atoms with Crippen LogP contribution < -0.4 is 0 Å². The van der Waals surface area contributed by atoms with Crippen LogP contribution in [0.5, 0.6) is 0 Å². The SMILES string of the molecule is CC(=O)OC(C(=O)C=C(C(=O)CCCOCCO)c1cccc(C)c1)C(Cc1ccccc1)C(=O)N1C(=O)OC(C)(C)C1C(C)C. The zero-order valence-corrected chi connectivity index (χ0v) is 27.5. The second-order valence-electron chi connectivity index (χ2n) is 12.4. The molecule has 1 aliphatic rings. The maximum absolute atomic E-state index is 14.4. The standard InChI is InChI=1S/C36H45NO9/c1-23(2)33-36(5,6)46-35(43)37(33)34(42)29(21-26-13-8-7-9-14-26)32(45-25(4)39)31(41)22-28(27-15-10-12-24(3)20-27)30(40)16-11-18-44-19-17-38/h7-10,12-15,20,22-23,29,32-33,38H,11,16-19,21H2,1-6H3. The minimum atomic E-state index is -1.64. The number of hydrogen-bond donors (Lipinski definition) is 1. The number of rotatable bonds is 16. The molecule has 2 aromatic carbocycles. The number of aryl methyl sites for hydroxylation is 1. The first-order valence-corrected chi connectivity index (χ1v) is 15.6. The van der Waals surface area contributed by atoms with Gasteiger partial charge in [0.05, 0.1) is 25.2 Å². The summed E-state index contributed by atoms with van der Waals surface area (Å²) in [4.78, 5) is 68.8. The van der Waals surface area contributed by atoms with E-state index in [-0.39, 0.29) is 49.9 Å². The lowest BCUT2D eigenvalue weighted by atomic mass is 9.85. The Bertz CT molecular complexity index is 1430. The Hall–Kier alpha value is -4.15. The summed E-state index contributed by atoms with van der Waals surface area (Å²) >= 11 is 0. The summed E-state index contributed by atoms with van der Waals surface area (Å²) in [5, 5.41) is 8.95. The molecule has 0 spiro atoms. The lowest BCUT2D eigenvalue weighted by Crippen LogP contribution is -2.53. The first-order valence-electron chi connectivity index (χ1n) is 15.6. The number of ketones is 2. The number of nitrogens with zero attached hydrogens (tertiary/aromatic N) is 1. The largest absolute Gasteiger partial charge is 0.453 e. The van der Waals surface area contributed by atoms with Crippen molar-refractivity contribution in [3.63, 3.8) is 0 Å². The average Bonchev–Trinajstić information content (AvgIpc) is 3.25. The molecule has 0 saturated carbocycles. The normalized spacial score (nSPS) is 17.4. The van der Waals surface area contributed by atoms with Crippen LogP contribution in [0.2, 0.25) is 0 Å². The molecule has 10 nitrogen and oxygen atoms in total. The Morgan fingerprint density at radius 1 is 1.04 bits per heavy atom. The summed E-state index contributed by atoms with van der Waals surface area (Å²) in [7, 11) is 0. The fraction of sp³-hybridized carbons (Fsp3) is 0.472. The number of Topliss-reactive ketones (excluding diaryl/α,β-unsaturated/α-hetero) is 1. The summed E-state index contributed by atoms with van der Waals surface area (Å²) in [6.45, 7) is 10.4. The van der Waals surface area contributed by atoms with Gasteiger partial charge in [0.2, 0.25) is 5.91 Å². The number of cyclic esters (lactones) is 1. The van der Waals surface area contributed by atoms with Crippen LogP contribution in [0.1, 0.15) is 64.2 Å². The van der Waals surface area contributed by atoms with Crippen molar-refractivity contribution in [1.29, 1.82) is 0 Å². The van der Waals surface area contributed by atoms with Crippen molar-refractivity contribution in [3.8, 4) is 0 Å². The number of hydrogen-bond acceptors (Lipinski definition) is 9. The van der Waals surface area contributed by atoms with E-state index < -0.39 is 47.4 Å². The topological polar surface area (TPSA) is 137 Å². The third-order valence-corrected chi connectivity index (χ3v) is 7.81. The molecule has 46 heavy (non-hydrogen) atoms. The number of allylic oxidation sites excluding steroid dienone is 1. The Labute approximate surface area is 270 Å². The van der Waals surface area contributed by atoms with Crippen molar-refractivity contribution < 1.29 is 43.3 Å². The van der Waals surface area contributed by atoms with Crippen molar-refractivity contribution in [2.45, 2.75) is 78.6 Å². The number of imide groups is 1. The third kappa shape index (κ3) is 9.43. The molecule has 3 unspecified atom stereocenters. The second-order valence-corrected chi connectivity index (χ2v) is 12.4. The molecule has 0 aromatic heterocycles. The highest BCUT2D eigenvalue weighted by Gasteiger charge is 2.54. The van der Waals surface area contributed by atoms with Crippen molar-refractivity contribution in [2.75, 3.05) is 19.8 Å². The van der Waals surface area contributed by atoms with Gasteiger partial charge in [-0.2, -0.15) is 0 Å². The predicted octanol–water partition coefficient (Wildman–Crippen LogP) is 4.88. The Kier molecular flexibility index (Phi) is 13.0. The van der Waals surface area contributed by atoms with E-state index in [0.717, 1.165) is 23.5 Å². The van der Waals surface area contributed by atoms with Crippen molar-refractivity contribution in [3.05, 3.63) is 77.4 Å². The number of amides is 2. The van der Waals surface area contributed by atoms with E-state index in [1.165, 1.54) is 0 Å². The Morgan fingerprint density at radius 3 is 2.35 bits per heavy atom. The Balaban J connectivity index is 2.10. The molecule has 2 aromatic rings. The number of carbonyl (C=O) groups is 5. The van der Waals surface area contributed by atoms with Crippen LogP contribution in [0.15, 0.2) is 60.7 Å². The van der Waals surface area contributed by atoms with Crippen LogP contribution in [0.25, 0.3) is 5.57 Å². The van der Waals surface area contributed by atoms with Gasteiger partial charge >= 0.3 is 12.1 Å². The van der Waals surface area contributed by atoms with Gasteiger partial charge in [-0.05, 0) is 56.7 Å². The summed E-state index contributed by atoms with van der Waals surface area (Å²) in [5.41, 5.74) is 1.14. The first kappa shape index (κ1) is 36.3. The zero-order valence-electron chi connectivity index (χ0n) is 27.5. The van der Waals surface area contributed by atoms with Crippen LogP contribution in [0, 0.1) is 18.8 Å². The van der Waals surface area contributed by atoms with E-state index in [1.54, 1.807) is 56.3 Å². The lowest BCUT2D eigenvalue weighted by Gasteiger charge is -2.34. The fourth-order valence-electron chi connectivity index (χ4n) is 5.97. The second kappa shape index (κ2) is 16.4. The van der Waals surface area contributed by atoms with Crippen molar-refractivity contribution in [1.82, 2.24) is 4.90 Å².